The zero-order valence-electron chi connectivity index (χ0n) is 9.14. The fraction of sp³-hybridized carbons (Fsp3) is 0.125. The molecule has 0 saturated heterocycles. The van der Waals surface area contributed by atoms with E-state index in [2.05, 4.69) is 25.1 Å². The summed E-state index contributed by atoms with van der Waals surface area (Å²) in [4.78, 5) is 4.54. The predicted molar refractivity (Wildman–Crippen MR) is 58.6 cm³/mol. The molecule has 0 aliphatic carbocycles. The first-order valence-electron chi connectivity index (χ1n) is 4.65. The Labute approximate surface area is 102 Å². The number of nitriles is 1. The molecular formula is C8H7N7O2S. The topological polar surface area (TPSA) is 126 Å². The zero-order valence-corrected chi connectivity index (χ0v) is 9.96. The highest BCUT2D eigenvalue weighted by atomic mass is 32.2. The smallest absolute Gasteiger partial charge is 0.244 e. The number of pyridine rings is 1. The lowest BCUT2D eigenvalue weighted by Gasteiger charge is -2.04. The second kappa shape index (κ2) is 4.38. The maximum Gasteiger partial charge on any atom is 0.277 e. The number of aryl methyl sites for hydroxylation is 1. The lowest BCUT2D eigenvalue weighted by atomic mass is 10.4. The molecule has 0 aromatic carbocycles. The van der Waals surface area contributed by atoms with Gasteiger partial charge in [0.05, 0.1) is 7.05 Å². The number of aromatic nitrogens is 5. The number of nitrogens with one attached hydrogen (secondary N) is 1. The zero-order chi connectivity index (χ0) is 13.2. The molecule has 10 heteroatoms. The van der Waals surface area contributed by atoms with Crippen molar-refractivity contribution in [2.75, 3.05) is 4.72 Å². The summed E-state index contributed by atoms with van der Waals surface area (Å²) in [5.41, 5.74) is -0.200. The third-order valence-corrected chi connectivity index (χ3v) is 3.26. The first-order chi connectivity index (χ1) is 8.53. The van der Waals surface area contributed by atoms with E-state index in [1.54, 1.807) is 6.07 Å². The molecule has 2 rings (SSSR count). The van der Waals surface area contributed by atoms with E-state index in [0.29, 0.717) is 0 Å². The molecule has 2 aromatic rings. The van der Waals surface area contributed by atoms with E-state index in [0.717, 1.165) is 4.80 Å². The van der Waals surface area contributed by atoms with Crippen LogP contribution in [-0.2, 0) is 17.1 Å². The molecule has 0 unspecified atom stereocenters. The van der Waals surface area contributed by atoms with Gasteiger partial charge in [0.25, 0.3) is 16.0 Å². The molecule has 0 amide bonds. The van der Waals surface area contributed by atoms with E-state index < -0.39 is 10.0 Å². The normalized spacial score (nSPS) is 10.9. The van der Waals surface area contributed by atoms with Crippen LogP contribution in [0.1, 0.15) is 5.69 Å². The summed E-state index contributed by atoms with van der Waals surface area (Å²) in [7, 11) is -2.46. The molecule has 2 aromatic heterocycles. The van der Waals surface area contributed by atoms with E-state index in [1.165, 1.54) is 25.4 Å². The van der Waals surface area contributed by atoms with Gasteiger partial charge < -0.3 is 0 Å². The van der Waals surface area contributed by atoms with Crippen LogP contribution in [0.3, 0.4) is 0 Å². The number of sulfonamides is 1. The van der Waals surface area contributed by atoms with Crippen LogP contribution in [0.2, 0.25) is 0 Å². The lowest BCUT2D eigenvalue weighted by Crippen LogP contribution is -2.16. The molecule has 0 radical (unpaired) electrons. The minimum Gasteiger partial charge on any atom is -0.244 e. The molecule has 0 aliphatic heterocycles. The van der Waals surface area contributed by atoms with Crippen LogP contribution in [0.15, 0.2) is 23.2 Å². The quantitative estimate of drug-likeness (QED) is 0.775. The third-order valence-electron chi connectivity index (χ3n) is 1.90. The maximum absolute atomic E-state index is 12.0. The summed E-state index contributed by atoms with van der Waals surface area (Å²) >= 11 is 0. The van der Waals surface area contributed by atoms with Crippen molar-refractivity contribution >= 4 is 16.0 Å². The number of hydrogen-bond donors (Lipinski definition) is 1. The van der Waals surface area contributed by atoms with E-state index in [9.17, 15) is 8.42 Å². The monoisotopic (exact) mass is 265 g/mol. The summed E-state index contributed by atoms with van der Waals surface area (Å²) in [6.07, 6.45) is 1.33. The van der Waals surface area contributed by atoms with Crippen molar-refractivity contribution in [2.24, 2.45) is 7.05 Å². The van der Waals surface area contributed by atoms with Crippen molar-refractivity contribution in [1.29, 1.82) is 5.26 Å². The summed E-state index contributed by atoms with van der Waals surface area (Å²) < 4.78 is 26.0. The Morgan fingerprint density at radius 3 is 2.89 bits per heavy atom. The highest BCUT2D eigenvalue weighted by Crippen LogP contribution is 2.14. The second-order valence-electron chi connectivity index (χ2n) is 3.17. The molecule has 0 saturated carbocycles. The SMILES string of the molecule is Cn1nnc(NS(=O)(=O)c2cccnc2C#N)n1. The van der Waals surface area contributed by atoms with Crippen molar-refractivity contribution in [2.45, 2.75) is 4.90 Å². The van der Waals surface area contributed by atoms with Crippen LogP contribution in [0.25, 0.3) is 0 Å². The van der Waals surface area contributed by atoms with Crippen molar-refractivity contribution in [3.8, 4) is 6.07 Å². The number of hydrogen-bond acceptors (Lipinski definition) is 7. The molecule has 0 aliphatic rings. The third kappa shape index (κ3) is 2.25. The highest BCUT2D eigenvalue weighted by molar-refractivity contribution is 7.92. The maximum atomic E-state index is 12.0. The van der Waals surface area contributed by atoms with Crippen LogP contribution >= 0.6 is 0 Å². The second-order valence-corrected chi connectivity index (χ2v) is 4.82. The number of rotatable bonds is 3. The molecule has 0 atom stereocenters. The average Bonchev–Trinajstić information content (AvgIpc) is 2.74. The predicted octanol–water partition coefficient (Wildman–Crippen LogP) is -0.722. The van der Waals surface area contributed by atoms with E-state index in [1.807, 2.05) is 0 Å². The van der Waals surface area contributed by atoms with Gasteiger partial charge in [0.1, 0.15) is 11.0 Å². The molecule has 0 bridgehead atoms. The van der Waals surface area contributed by atoms with Gasteiger partial charge >= 0.3 is 0 Å². The Hall–Kier alpha value is -2.54. The van der Waals surface area contributed by atoms with Gasteiger partial charge in [0.2, 0.25) is 0 Å². The first-order valence-corrected chi connectivity index (χ1v) is 6.13. The Kier molecular flexibility index (Phi) is 2.90. The van der Waals surface area contributed by atoms with E-state index in [-0.39, 0.29) is 16.5 Å². The fourth-order valence-electron chi connectivity index (χ4n) is 1.19. The molecule has 92 valence electrons. The Balaban J connectivity index is 2.40. The Morgan fingerprint density at radius 2 is 2.28 bits per heavy atom. The van der Waals surface area contributed by atoms with Gasteiger partial charge in [-0.05, 0) is 17.3 Å². The summed E-state index contributed by atoms with van der Waals surface area (Å²) in [5.74, 6) is -0.176. The van der Waals surface area contributed by atoms with Crippen LogP contribution in [-0.4, -0.2) is 33.6 Å². The molecule has 0 spiro atoms. The Morgan fingerprint density at radius 1 is 1.50 bits per heavy atom. The molecule has 18 heavy (non-hydrogen) atoms. The van der Waals surface area contributed by atoms with Crippen molar-refractivity contribution in [1.82, 2.24) is 25.2 Å². The van der Waals surface area contributed by atoms with Gasteiger partial charge in [0.15, 0.2) is 5.69 Å². The highest BCUT2D eigenvalue weighted by Gasteiger charge is 2.21. The van der Waals surface area contributed by atoms with Crippen molar-refractivity contribution in [3.05, 3.63) is 24.0 Å². The molecule has 2 heterocycles. The fourth-order valence-corrected chi connectivity index (χ4v) is 2.23. The van der Waals surface area contributed by atoms with Gasteiger partial charge in [-0.3, -0.25) is 0 Å². The minimum absolute atomic E-state index is 0.176. The number of tetrazole rings is 1. The van der Waals surface area contributed by atoms with Crippen molar-refractivity contribution < 1.29 is 8.42 Å². The Bertz CT molecular complexity index is 715. The lowest BCUT2D eigenvalue weighted by molar-refractivity contribution is 0.600. The van der Waals surface area contributed by atoms with Gasteiger partial charge in [-0.15, -0.1) is 5.10 Å². The van der Waals surface area contributed by atoms with Crippen molar-refractivity contribution in [3.63, 3.8) is 0 Å². The van der Waals surface area contributed by atoms with Crippen LogP contribution in [0.4, 0.5) is 5.95 Å². The van der Waals surface area contributed by atoms with Gasteiger partial charge in [-0.25, -0.2) is 18.1 Å². The largest absolute Gasteiger partial charge is 0.277 e. The van der Waals surface area contributed by atoms with Gasteiger partial charge in [-0.1, -0.05) is 5.10 Å². The van der Waals surface area contributed by atoms with Gasteiger partial charge in [-0.2, -0.15) is 10.1 Å². The van der Waals surface area contributed by atoms with E-state index in [4.69, 9.17) is 5.26 Å². The van der Waals surface area contributed by atoms with E-state index >= 15 is 0 Å². The van der Waals surface area contributed by atoms with Crippen LogP contribution in [0, 0.1) is 11.3 Å². The summed E-state index contributed by atoms with van der Waals surface area (Å²) in [5, 5.41) is 19.5. The molecule has 9 nitrogen and oxygen atoms in total. The summed E-state index contributed by atoms with van der Waals surface area (Å²) in [6, 6.07) is 4.39. The first kappa shape index (κ1) is 11.9. The summed E-state index contributed by atoms with van der Waals surface area (Å²) in [6.45, 7) is 0. The van der Waals surface area contributed by atoms with Gasteiger partial charge in [0, 0.05) is 6.20 Å². The molecule has 0 fully saturated rings. The number of anilines is 1. The standard InChI is InChI=1S/C8H7N7O2S/c1-15-12-8(11-14-15)13-18(16,17)7-3-2-4-10-6(7)5-9/h2-4H,1H3,(H,12,13). The minimum atomic E-state index is -3.96. The van der Waals surface area contributed by atoms with Crippen LogP contribution in [0.5, 0.6) is 0 Å². The molecular weight excluding hydrogens is 258 g/mol. The number of nitrogens with zero attached hydrogens (tertiary/aromatic N) is 6. The molecule has 1 N–H and O–H groups in total. The average molecular weight is 265 g/mol. The van der Waals surface area contributed by atoms with Crippen LogP contribution < -0.4 is 4.72 Å².